The predicted octanol–water partition coefficient (Wildman–Crippen LogP) is -1.75. The highest BCUT2D eigenvalue weighted by atomic mass is 16.6. The van der Waals surface area contributed by atoms with Crippen LogP contribution in [-0.2, 0) is 4.74 Å². The van der Waals surface area contributed by atoms with Gasteiger partial charge in [0.1, 0.15) is 12.2 Å². The van der Waals surface area contributed by atoms with Gasteiger partial charge in [-0.2, -0.15) is 4.98 Å². The van der Waals surface area contributed by atoms with Gasteiger partial charge in [0.25, 0.3) is 5.56 Å². The van der Waals surface area contributed by atoms with E-state index in [9.17, 15) is 9.90 Å². The number of rotatable bonds is 1. The second kappa shape index (κ2) is 3.27. The summed E-state index contributed by atoms with van der Waals surface area (Å²) in [7, 11) is 0. The van der Waals surface area contributed by atoms with Gasteiger partial charge in [0.15, 0.2) is 12.3 Å². The highest BCUT2D eigenvalue weighted by Gasteiger charge is 2.50. The van der Waals surface area contributed by atoms with E-state index in [0.717, 1.165) is 0 Å². The Hall–Kier alpha value is -1.44. The normalized spacial score (nSPS) is 35.6. The van der Waals surface area contributed by atoms with E-state index < -0.39 is 30.1 Å². The lowest BCUT2D eigenvalue weighted by Crippen LogP contribution is -2.34. The molecule has 2 aliphatic rings. The number of ether oxygens (including phenoxy) is 2. The summed E-state index contributed by atoms with van der Waals surface area (Å²) >= 11 is 0. The van der Waals surface area contributed by atoms with Crippen LogP contribution in [0.4, 0.5) is 0 Å². The summed E-state index contributed by atoms with van der Waals surface area (Å²) in [5.74, 6) is 0. The van der Waals surface area contributed by atoms with Crippen molar-refractivity contribution in [1.82, 2.24) is 9.55 Å². The molecular weight excluding hydrogens is 216 g/mol. The topological polar surface area (TPSA) is 93.8 Å². The van der Waals surface area contributed by atoms with Gasteiger partial charge in [-0.3, -0.25) is 9.36 Å². The lowest BCUT2D eigenvalue weighted by molar-refractivity contribution is -0.0434. The van der Waals surface area contributed by atoms with E-state index in [-0.39, 0.29) is 12.6 Å². The first kappa shape index (κ1) is 9.76. The fourth-order valence-corrected chi connectivity index (χ4v) is 2.02. The number of aliphatic hydroxyl groups excluding tert-OH is 2. The van der Waals surface area contributed by atoms with Crippen molar-refractivity contribution in [2.45, 2.75) is 24.5 Å². The second-order valence-corrected chi connectivity index (χ2v) is 3.78. The summed E-state index contributed by atoms with van der Waals surface area (Å²) in [5.41, 5.74) is -0.403. The van der Waals surface area contributed by atoms with E-state index in [0.29, 0.717) is 0 Å². The molecule has 7 heteroatoms. The first-order valence-electron chi connectivity index (χ1n) is 4.91. The van der Waals surface area contributed by atoms with Gasteiger partial charge < -0.3 is 19.7 Å². The van der Waals surface area contributed by atoms with Crippen molar-refractivity contribution in [3.63, 3.8) is 0 Å². The summed E-state index contributed by atoms with van der Waals surface area (Å²) in [5, 5.41) is 18.7. The number of aliphatic hydroxyl groups is 2. The third-order valence-corrected chi connectivity index (χ3v) is 2.81. The van der Waals surface area contributed by atoms with Crippen LogP contribution in [0, 0.1) is 0 Å². The second-order valence-electron chi connectivity index (χ2n) is 3.78. The molecular formula is C9H10N2O5. The molecule has 0 aromatic carbocycles. The maximum atomic E-state index is 11.0. The summed E-state index contributed by atoms with van der Waals surface area (Å²) in [6.07, 6.45) is -1.24. The lowest BCUT2D eigenvalue weighted by Gasteiger charge is -2.13. The average molecular weight is 226 g/mol. The number of nitrogens with zero attached hydrogens (tertiary/aromatic N) is 2. The van der Waals surface area contributed by atoms with Crippen LogP contribution < -0.4 is 10.3 Å². The van der Waals surface area contributed by atoms with Crippen LogP contribution in [0.15, 0.2) is 17.1 Å². The van der Waals surface area contributed by atoms with Crippen molar-refractivity contribution in [3.8, 4) is 6.01 Å². The Labute approximate surface area is 89.9 Å². The summed E-state index contributed by atoms with van der Waals surface area (Å²) < 4.78 is 12.3. The van der Waals surface area contributed by atoms with Gasteiger partial charge in [0, 0.05) is 12.3 Å². The largest absolute Gasteiger partial charge is 0.453 e. The third kappa shape index (κ3) is 1.19. The van der Waals surface area contributed by atoms with Crippen LogP contribution in [0.25, 0.3) is 0 Å². The quantitative estimate of drug-likeness (QED) is 0.590. The first-order chi connectivity index (χ1) is 7.70. The molecule has 7 nitrogen and oxygen atoms in total. The van der Waals surface area contributed by atoms with Gasteiger partial charge in [-0.25, -0.2) is 0 Å². The van der Waals surface area contributed by atoms with Gasteiger partial charge in [0.05, 0.1) is 6.61 Å². The molecule has 3 heterocycles. The number of hydrogen-bond acceptors (Lipinski definition) is 6. The molecule has 0 unspecified atom stereocenters. The van der Waals surface area contributed by atoms with E-state index >= 15 is 0 Å². The fraction of sp³-hybridized carbons (Fsp3) is 0.556. The van der Waals surface area contributed by atoms with Gasteiger partial charge >= 0.3 is 6.01 Å². The maximum absolute atomic E-state index is 11.0. The molecule has 0 radical (unpaired) electrons. The first-order valence-corrected chi connectivity index (χ1v) is 4.91. The molecule has 1 aromatic rings. The Morgan fingerprint density at radius 2 is 2.38 bits per heavy atom. The Bertz CT molecular complexity index is 473. The van der Waals surface area contributed by atoms with Crippen LogP contribution in [0.5, 0.6) is 6.01 Å². The van der Waals surface area contributed by atoms with E-state index in [1.807, 2.05) is 0 Å². The number of aromatic nitrogens is 2. The number of fused-ring (bicyclic) bond motifs is 3. The van der Waals surface area contributed by atoms with Gasteiger partial charge in [-0.05, 0) is 0 Å². The molecule has 0 amide bonds. The molecule has 2 aliphatic heterocycles. The third-order valence-electron chi connectivity index (χ3n) is 2.81. The highest BCUT2D eigenvalue weighted by molar-refractivity contribution is 5.10. The van der Waals surface area contributed by atoms with Crippen molar-refractivity contribution in [1.29, 1.82) is 0 Å². The van der Waals surface area contributed by atoms with Crippen LogP contribution in [0.3, 0.4) is 0 Å². The minimum absolute atomic E-state index is 0.137. The standard InChI is InChI=1S/C9H10N2O5/c12-3-4-6(14)7-8(15-4)11-2-1-5(13)10-9(11)16-7/h1-2,4,6-8,12,14H,3H2/t4-,6+,7+,8+/m1/s1. The minimum atomic E-state index is -0.924. The monoisotopic (exact) mass is 226 g/mol. The summed E-state index contributed by atoms with van der Waals surface area (Å²) in [6, 6.07) is 1.43. The Morgan fingerprint density at radius 3 is 3.12 bits per heavy atom. The van der Waals surface area contributed by atoms with Gasteiger partial charge in [0.2, 0.25) is 0 Å². The van der Waals surface area contributed by atoms with Crippen LogP contribution >= 0.6 is 0 Å². The van der Waals surface area contributed by atoms with Crippen molar-refractivity contribution in [3.05, 3.63) is 22.6 Å². The Kier molecular flexibility index (Phi) is 2.00. The molecule has 0 spiro atoms. The predicted molar refractivity (Wildman–Crippen MR) is 49.9 cm³/mol. The maximum Gasteiger partial charge on any atom is 0.302 e. The molecule has 4 atom stereocenters. The molecule has 1 aromatic heterocycles. The fourth-order valence-electron chi connectivity index (χ4n) is 2.02. The Balaban J connectivity index is 1.99. The molecule has 86 valence electrons. The molecule has 0 bridgehead atoms. The zero-order chi connectivity index (χ0) is 11.3. The summed E-state index contributed by atoms with van der Waals surface area (Å²) in [6.45, 7) is -0.277. The average Bonchev–Trinajstić information content (AvgIpc) is 2.75. The van der Waals surface area contributed by atoms with Crippen LogP contribution in [0.2, 0.25) is 0 Å². The zero-order valence-electron chi connectivity index (χ0n) is 8.18. The van der Waals surface area contributed by atoms with Crippen LogP contribution in [-0.4, -0.2) is 44.7 Å². The van der Waals surface area contributed by atoms with E-state index in [2.05, 4.69) is 4.98 Å². The van der Waals surface area contributed by atoms with Gasteiger partial charge in [-0.1, -0.05) is 0 Å². The smallest absolute Gasteiger partial charge is 0.302 e. The molecule has 16 heavy (non-hydrogen) atoms. The Morgan fingerprint density at radius 1 is 1.56 bits per heavy atom. The van der Waals surface area contributed by atoms with Gasteiger partial charge in [-0.15, -0.1) is 0 Å². The van der Waals surface area contributed by atoms with E-state index in [1.165, 1.54) is 16.8 Å². The molecule has 0 saturated carbocycles. The number of hydrogen-bond donors (Lipinski definition) is 2. The van der Waals surface area contributed by atoms with Crippen molar-refractivity contribution in [2.24, 2.45) is 0 Å². The molecule has 2 N–H and O–H groups in total. The van der Waals surface area contributed by atoms with E-state index in [4.69, 9.17) is 14.6 Å². The van der Waals surface area contributed by atoms with Crippen LogP contribution in [0.1, 0.15) is 6.23 Å². The van der Waals surface area contributed by atoms with E-state index in [1.54, 1.807) is 0 Å². The zero-order valence-corrected chi connectivity index (χ0v) is 8.18. The van der Waals surface area contributed by atoms with Crippen molar-refractivity contribution < 1.29 is 19.7 Å². The molecule has 1 saturated heterocycles. The minimum Gasteiger partial charge on any atom is -0.453 e. The highest BCUT2D eigenvalue weighted by Crippen LogP contribution is 2.38. The molecule has 3 rings (SSSR count). The summed E-state index contributed by atoms with van der Waals surface area (Å²) in [4.78, 5) is 14.7. The lowest BCUT2D eigenvalue weighted by atomic mass is 10.1. The van der Waals surface area contributed by atoms with Crippen molar-refractivity contribution in [2.75, 3.05) is 6.61 Å². The molecule has 0 aliphatic carbocycles. The molecule has 1 fully saturated rings. The van der Waals surface area contributed by atoms with Crippen molar-refractivity contribution >= 4 is 0 Å². The SMILES string of the molecule is O=c1ccn2c(n1)O[C@H]1[C@@H](O)[C@@H](CO)O[C@@H]12.